The van der Waals surface area contributed by atoms with Crippen LogP contribution in [0.4, 0.5) is 10.5 Å². The van der Waals surface area contributed by atoms with Crippen LogP contribution in [-0.4, -0.2) is 39.4 Å². The van der Waals surface area contributed by atoms with Crippen LogP contribution < -0.4 is 10.6 Å². The molecule has 4 rings (SSSR count). The third-order valence-electron chi connectivity index (χ3n) is 5.11. The Balaban J connectivity index is 1.36. The second kappa shape index (κ2) is 8.63. The van der Waals surface area contributed by atoms with Gasteiger partial charge in [-0.2, -0.15) is 0 Å². The molecule has 2 aromatic heterocycles. The number of hydrogen-bond donors (Lipinski definition) is 2. The number of para-hydroxylation sites is 1. The zero-order chi connectivity index (χ0) is 19.3. The van der Waals surface area contributed by atoms with Gasteiger partial charge in [0.2, 0.25) is 0 Å². The van der Waals surface area contributed by atoms with Crippen molar-refractivity contribution < 1.29 is 4.79 Å². The number of urea groups is 1. The van der Waals surface area contributed by atoms with E-state index in [0.717, 1.165) is 36.5 Å². The molecule has 1 aromatic carbocycles. The number of halogens is 1. The molecule has 1 aliphatic heterocycles. The molecule has 2 amide bonds. The number of hydrogen-bond acceptors (Lipinski definition) is 3. The molecule has 0 saturated carbocycles. The fourth-order valence-corrected chi connectivity index (χ4v) is 3.88. The minimum absolute atomic E-state index is 0.168. The van der Waals surface area contributed by atoms with Gasteiger partial charge in [-0.25, -0.2) is 9.78 Å². The van der Waals surface area contributed by atoms with Crippen molar-refractivity contribution in [3.8, 4) is 0 Å². The summed E-state index contributed by atoms with van der Waals surface area (Å²) < 4.78 is 1.96. The quantitative estimate of drug-likeness (QED) is 0.679. The lowest BCUT2D eigenvalue weighted by molar-refractivity contribution is 0.137. The molecule has 0 aliphatic carbocycles. The van der Waals surface area contributed by atoms with E-state index in [-0.39, 0.29) is 6.03 Å². The maximum atomic E-state index is 12.2. The SMILES string of the molecule is O=C(NCC1CCCCN1Cc1cn2cc(Cl)ccc2n1)Nc1ccccc1. The number of nitrogens with one attached hydrogen (secondary N) is 2. The topological polar surface area (TPSA) is 61.7 Å². The van der Waals surface area contributed by atoms with Crippen molar-refractivity contribution in [1.82, 2.24) is 19.6 Å². The van der Waals surface area contributed by atoms with Gasteiger partial charge in [0.1, 0.15) is 5.65 Å². The molecule has 146 valence electrons. The highest BCUT2D eigenvalue weighted by Crippen LogP contribution is 2.20. The molecule has 7 heteroatoms. The van der Waals surface area contributed by atoms with E-state index in [9.17, 15) is 4.79 Å². The van der Waals surface area contributed by atoms with Crippen LogP contribution in [0.2, 0.25) is 5.02 Å². The third kappa shape index (κ3) is 4.64. The number of nitrogens with zero attached hydrogens (tertiary/aromatic N) is 3. The molecule has 1 fully saturated rings. The molecule has 3 heterocycles. The van der Waals surface area contributed by atoms with Crippen LogP contribution in [0, 0.1) is 0 Å². The van der Waals surface area contributed by atoms with Gasteiger partial charge >= 0.3 is 6.03 Å². The normalized spacial score (nSPS) is 17.5. The average molecular weight is 398 g/mol. The monoisotopic (exact) mass is 397 g/mol. The fraction of sp³-hybridized carbons (Fsp3) is 0.333. The van der Waals surface area contributed by atoms with Crippen molar-refractivity contribution in [3.63, 3.8) is 0 Å². The van der Waals surface area contributed by atoms with Gasteiger partial charge in [0.25, 0.3) is 0 Å². The number of anilines is 1. The first-order valence-electron chi connectivity index (χ1n) is 9.64. The second-order valence-electron chi connectivity index (χ2n) is 7.17. The summed E-state index contributed by atoms with van der Waals surface area (Å²) in [4.78, 5) is 19.3. The minimum atomic E-state index is -0.168. The molecular weight excluding hydrogens is 374 g/mol. The van der Waals surface area contributed by atoms with E-state index < -0.39 is 0 Å². The number of carbonyl (C=O) groups is 1. The van der Waals surface area contributed by atoms with Crippen LogP contribution in [0.5, 0.6) is 0 Å². The predicted molar refractivity (Wildman–Crippen MR) is 112 cm³/mol. The zero-order valence-electron chi connectivity index (χ0n) is 15.6. The van der Waals surface area contributed by atoms with Crippen LogP contribution in [0.25, 0.3) is 5.65 Å². The van der Waals surface area contributed by atoms with Gasteiger partial charge in [-0.1, -0.05) is 36.2 Å². The lowest BCUT2D eigenvalue weighted by Crippen LogP contribution is -2.47. The standard InChI is InChI=1S/C21H24ClN5O/c22-16-9-10-20-24-18(15-27(20)13-16)14-26-11-5-4-8-19(26)12-23-21(28)25-17-6-2-1-3-7-17/h1-3,6-7,9-10,13,15,19H,4-5,8,11-12,14H2,(H2,23,25,28). The molecule has 0 spiro atoms. The van der Waals surface area contributed by atoms with E-state index in [1.54, 1.807) is 0 Å². The molecule has 1 atom stereocenters. The summed E-state index contributed by atoms with van der Waals surface area (Å²) in [5.41, 5.74) is 2.71. The van der Waals surface area contributed by atoms with E-state index in [1.165, 1.54) is 12.8 Å². The summed E-state index contributed by atoms with van der Waals surface area (Å²) in [6.45, 7) is 2.41. The first-order chi connectivity index (χ1) is 13.7. The van der Waals surface area contributed by atoms with E-state index in [0.29, 0.717) is 17.6 Å². The second-order valence-corrected chi connectivity index (χ2v) is 7.60. The third-order valence-corrected chi connectivity index (χ3v) is 5.33. The Hall–Kier alpha value is -2.57. The van der Waals surface area contributed by atoms with Gasteiger partial charge in [-0.05, 0) is 43.7 Å². The van der Waals surface area contributed by atoms with Gasteiger partial charge < -0.3 is 15.0 Å². The number of piperidine rings is 1. The van der Waals surface area contributed by atoms with Crippen molar-refractivity contribution in [2.75, 3.05) is 18.4 Å². The fourth-order valence-electron chi connectivity index (χ4n) is 3.71. The number of carbonyl (C=O) groups excluding carboxylic acids is 1. The Morgan fingerprint density at radius 2 is 2.00 bits per heavy atom. The molecule has 3 aromatic rings. The maximum absolute atomic E-state index is 12.2. The molecule has 1 unspecified atom stereocenters. The number of pyridine rings is 1. The minimum Gasteiger partial charge on any atom is -0.336 e. The highest BCUT2D eigenvalue weighted by Gasteiger charge is 2.23. The molecule has 2 N–H and O–H groups in total. The summed E-state index contributed by atoms with van der Waals surface area (Å²) in [7, 11) is 0. The average Bonchev–Trinajstić information content (AvgIpc) is 3.09. The summed E-state index contributed by atoms with van der Waals surface area (Å²) >= 11 is 6.07. The summed E-state index contributed by atoms with van der Waals surface area (Å²) in [5.74, 6) is 0. The zero-order valence-corrected chi connectivity index (χ0v) is 16.4. The van der Waals surface area contributed by atoms with Crippen molar-refractivity contribution >= 4 is 29.0 Å². The molecule has 6 nitrogen and oxygen atoms in total. The highest BCUT2D eigenvalue weighted by molar-refractivity contribution is 6.30. The van der Waals surface area contributed by atoms with Crippen LogP contribution in [0.1, 0.15) is 25.0 Å². The van der Waals surface area contributed by atoms with Gasteiger partial charge in [0.05, 0.1) is 10.7 Å². The van der Waals surface area contributed by atoms with Crippen molar-refractivity contribution in [2.24, 2.45) is 0 Å². The number of fused-ring (bicyclic) bond motifs is 1. The van der Waals surface area contributed by atoms with Crippen LogP contribution in [0.3, 0.4) is 0 Å². The van der Waals surface area contributed by atoms with E-state index in [2.05, 4.69) is 15.5 Å². The number of amides is 2. The first kappa shape index (κ1) is 18.8. The smallest absolute Gasteiger partial charge is 0.319 e. The van der Waals surface area contributed by atoms with E-state index in [1.807, 2.05) is 59.3 Å². The van der Waals surface area contributed by atoms with Gasteiger partial charge in [-0.15, -0.1) is 0 Å². The number of rotatable bonds is 5. The van der Waals surface area contributed by atoms with E-state index in [4.69, 9.17) is 16.6 Å². The number of benzene rings is 1. The Kier molecular flexibility index (Phi) is 5.78. The molecule has 1 aliphatic rings. The molecule has 0 radical (unpaired) electrons. The van der Waals surface area contributed by atoms with Crippen LogP contribution >= 0.6 is 11.6 Å². The predicted octanol–water partition coefficient (Wildman–Crippen LogP) is 4.16. The highest BCUT2D eigenvalue weighted by atomic mass is 35.5. The Morgan fingerprint density at radius 1 is 1.14 bits per heavy atom. The maximum Gasteiger partial charge on any atom is 0.319 e. The Labute approximate surface area is 169 Å². The largest absolute Gasteiger partial charge is 0.336 e. The summed E-state index contributed by atoms with van der Waals surface area (Å²) in [6.07, 6.45) is 7.33. The molecule has 28 heavy (non-hydrogen) atoms. The van der Waals surface area contributed by atoms with Gasteiger partial charge in [0.15, 0.2) is 0 Å². The number of aromatic nitrogens is 2. The molecule has 0 bridgehead atoms. The Morgan fingerprint density at radius 3 is 2.86 bits per heavy atom. The van der Waals surface area contributed by atoms with Crippen molar-refractivity contribution in [1.29, 1.82) is 0 Å². The van der Waals surface area contributed by atoms with E-state index >= 15 is 0 Å². The van der Waals surface area contributed by atoms with Gasteiger partial charge in [0, 0.05) is 37.2 Å². The van der Waals surface area contributed by atoms with Crippen LogP contribution in [0.15, 0.2) is 54.9 Å². The van der Waals surface area contributed by atoms with Crippen LogP contribution in [-0.2, 0) is 6.54 Å². The summed E-state index contributed by atoms with van der Waals surface area (Å²) in [5, 5.41) is 6.58. The van der Waals surface area contributed by atoms with Gasteiger partial charge in [-0.3, -0.25) is 4.90 Å². The number of imidazole rings is 1. The first-order valence-corrected chi connectivity index (χ1v) is 10.0. The lowest BCUT2D eigenvalue weighted by atomic mass is 10.0. The Bertz CT molecular complexity index is 942. The number of likely N-dealkylation sites (tertiary alicyclic amines) is 1. The molecular formula is C21H24ClN5O. The summed E-state index contributed by atoms with van der Waals surface area (Å²) in [6, 6.07) is 13.4. The lowest BCUT2D eigenvalue weighted by Gasteiger charge is -2.35. The molecule has 1 saturated heterocycles. The van der Waals surface area contributed by atoms with Crippen molar-refractivity contribution in [2.45, 2.75) is 31.8 Å². The van der Waals surface area contributed by atoms with Crippen molar-refractivity contribution in [3.05, 3.63) is 65.6 Å².